The van der Waals surface area contributed by atoms with Crippen molar-refractivity contribution >= 4 is 0 Å². The van der Waals surface area contributed by atoms with Crippen molar-refractivity contribution in [2.24, 2.45) is 5.73 Å². The van der Waals surface area contributed by atoms with Gasteiger partial charge in [0, 0.05) is 25.3 Å². The lowest BCUT2D eigenvalue weighted by molar-refractivity contribution is 0.122. The van der Waals surface area contributed by atoms with Crippen LogP contribution in [0.4, 0.5) is 0 Å². The summed E-state index contributed by atoms with van der Waals surface area (Å²) in [6.07, 6.45) is 1.84. The molecule has 5 heteroatoms. The molecule has 1 aromatic heterocycles. The largest absolute Gasteiger partial charge is 0.385 e. The van der Waals surface area contributed by atoms with Crippen LogP contribution in [0.2, 0.25) is 0 Å². The van der Waals surface area contributed by atoms with Gasteiger partial charge >= 0.3 is 0 Å². The number of pyridine rings is 1. The molecule has 0 amide bonds. The molecule has 1 fully saturated rings. The Hall–Kier alpha value is -1.48. The van der Waals surface area contributed by atoms with E-state index in [1.54, 1.807) is 12.1 Å². The summed E-state index contributed by atoms with van der Waals surface area (Å²) in [5, 5.41) is 18.7. The summed E-state index contributed by atoms with van der Waals surface area (Å²) in [5.41, 5.74) is 6.91. The van der Waals surface area contributed by atoms with Gasteiger partial charge in [0.05, 0.1) is 11.3 Å². The number of aliphatic hydroxyl groups is 1. The Morgan fingerprint density at radius 2 is 2.47 bits per heavy atom. The number of likely N-dealkylation sites (tertiary alicyclic amines) is 1. The molecule has 0 bridgehead atoms. The zero-order chi connectivity index (χ0) is 12.3. The second kappa shape index (κ2) is 5.23. The molecule has 0 aliphatic carbocycles. The molecular formula is C12H16N4O. The SMILES string of the molecule is N#Cc1ccc(C(O)CN2CC[C@@H](N)C2)nc1. The maximum atomic E-state index is 10.0. The van der Waals surface area contributed by atoms with Crippen molar-refractivity contribution in [3.05, 3.63) is 29.6 Å². The number of aromatic nitrogens is 1. The molecule has 0 radical (unpaired) electrons. The van der Waals surface area contributed by atoms with E-state index < -0.39 is 6.10 Å². The topological polar surface area (TPSA) is 86.2 Å². The van der Waals surface area contributed by atoms with E-state index in [1.807, 2.05) is 6.07 Å². The molecule has 90 valence electrons. The minimum Gasteiger partial charge on any atom is -0.385 e. The van der Waals surface area contributed by atoms with Gasteiger partial charge in [-0.1, -0.05) is 0 Å². The van der Waals surface area contributed by atoms with Gasteiger partial charge < -0.3 is 10.8 Å². The molecule has 3 N–H and O–H groups in total. The first-order valence-corrected chi connectivity index (χ1v) is 5.71. The van der Waals surface area contributed by atoms with Crippen molar-refractivity contribution < 1.29 is 5.11 Å². The molecule has 2 heterocycles. The molecule has 1 aliphatic rings. The van der Waals surface area contributed by atoms with Crippen LogP contribution in [0.25, 0.3) is 0 Å². The van der Waals surface area contributed by atoms with Gasteiger partial charge in [-0.2, -0.15) is 5.26 Å². The van der Waals surface area contributed by atoms with Crippen molar-refractivity contribution in [3.63, 3.8) is 0 Å². The summed E-state index contributed by atoms with van der Waals surface area (Å²) < 4.78 is 0. The minimum absolute atomic E-state index is 0.219. The van der Waals surface area contributed by atoms with Crippen LogP contribution in [0.1, 0.15) is 23.8 Å². The van der Waals surface area contributed by atoms with Crippen LogP contribution >= 0.6 is 0 Å². The third kappa shape index (κ3) is 3.01. The van der Waals surface area contributed by atoms with Gasteiger partial charge in [-0.05, 0) is 25.1 Å². The van der Waals surface area contributed by atoms with Crippen molar-refractivity contribution in [1.29, 1.82) is 5.26 Å². The molecule has 17 heavy (non-hydrogen) atoms. The zero-order valence-corrected chi connectivity index (χ0v) is 9.58. The molecular weight excluding hydrogens is 216 g/mol. The second-order valence-corrected chi connectivity index (χ2v) is 4.41. The highest BCUT2D eigenvalue weighted by Crippen LogP contribution is 2.15. The number of nitrogens with zero attached hydrogens (tertiary/aromatic N) is 3. The number of hydrogen-bond acceptors (Lipinski definition) is 5. The lowest BCUT2D eigenvalue weighted by Crippen LogP contribution is -2.30. The monoisotopic (exact) mass is 232 g/mol. The minimum atomic E-state index is -0.618. The Kier molecular flexibility index (Phi) is 3.69. The number of nitrogens with two attached hydrogens (primary N) is 1. The summed E-state index contributed by atoms with van der Waals surface area (Å²) in [6, 6.07) is 5.58. The van der Waals surface area contributed by atoms with E-state index in [0.717, 1.165) is 19.5 Å². The Morgan fingerprint density at radius 1 is 1.65 bits per heavy atom. The number of nitriles is 1. The van der Waals surface area contributed by atoms with Crippen LogP contribution in [0.15, 0.2) is 18.3 Å². The van der Waals surface area contributed by atoms with Gasteiger partial charge in [0.15, 0.2) is 0 Å². The van der Waals surface area contributed by atoms with E-state index in [-0.39, 0.29) is 6.04 Å². The molecule has 0 spiro atoms. The average molecular weight is 232 g/mol. The maximum Gasteiger partial charge on any atom is 0.109 e. The molecule has 5 nitrogen and oxygen atoms in total. The highest BCUT2D eigenvalue weighted by molar-refractivity contribution is 5.26. The van der Waals surface area contributed by atoms with Crippen molar-refractivity contribution in [1.82, 2.24) is 9.88 Å². The fraction of sp³-hybridized carbons (Fsp3) is 0.500. The van der Waals surface area contributed by atoms with Gasteiger partial charge in [-0.15, -0.1) is 0 Å². The average Bonchev–Trinajstić information content (AvgIpc) is 2.75. The second-order valence-electron chi connectivity index (χ2n) is 4.41. The maximum absolute atomic E-state index is 10.0. The van der Waals surface area contributed by atoms with Crippen LogP contribution in [-0.2, 0) is 0 Å². The highest BCUT2D eigenvalue weighted by atomic mass is 16.3. The molecule has 2 atom stereocenters. The third-order valence-electron chi connectivity index (χ3n) is 3.00. The molecule has 1 aromatic rings. The third-order valence-corrected chi connectivity index (χ3v) is 3.00. The van der Waals surface area contributed by atoms with Crippen molar-refractivity contribution in [2.75, 3.05) is 19.6 Å². The molecule has 0 saturated carbocycles. The van der Waals surface area contributed by atoms with Crippen molar-refractivity contribution in [3.8, 4) is 6.07 Å². The lowest BCUT2D eigenvalue weighted by Gasteiger charge is -2.19. The molecule has 2 rings (SSSR count). The van der Waals surface area contributed by atoms with E-state index in [2.05, 4.69) is 9.88 Å². The Morgan fingerprint density at radius 3 is 3.00 bits per heavy atom. The van der Waals surface area contributed by atoms with Gasteiger partial charge in [0.1, 0.15) is 12.2 Å². The van der Waals surface area contributed by atoms with E-state index >= 15 is 0 Å². The summed E-state index contributed by atoms with van der Waals surface area (Å²) in [7, 11) is 0. The van der Waals surface area contributed by atoms with Crippen LogP contribution in [0, 0.1) is 11.3 Å². The fourth-order valence-corrected chi connectivity index (χ4v) is 2.04. The normalized spacial score (nSPS) is 22.3. The standard InChI is InChI=1S/C12H16N4O/c13-5-9-1-2-11(15-6-9)12(17)8-16-4-3-10(14)7-16/h1-2,6,10,12,17H,3-4,7-8,14H2/t10-,12?/m1/s1. The summed E-state index contributed by atoms with van der Waals surface area (Å²) in [6.45, 7) is 2.30. The van der Waals surface area contributed by atoms with Gasteiger partial charge in [0.2, 0.25) is 0 Å². The number of rotatable bonds is 3. The van der Waals surface area contributed by atoms with Crippen LogP contribution in [0.3, 0.4) is 0 Å². The molecule has 1 saturated heterocycles. The van der Waals surface area contributed by atoms with Gasteiger partial charge in [-0.25, -0.2) is 0 Å². The fourth-order valence-electron chi connectivity index (χ4n) is 2.04. The first kappa shape index (κ1) is 12.0. The van der Waals surface area contributed by atoms with Gasteiger partial charge in [-0.3, -0.25) is 9.88 Å². The Labute approximate surface area is 100 Å². The van der Waals surface area contributed by atoms with E-state index in [0.29, 0.717) is 17.8 Å². The van der Waals surface area contributed by atoms with Crippen LogP contribution in [-0.4, -0.2) is 40.7 Å². The summed E-state index contributed by atoms with van der Waals surface area (Å²) >= 11 is 0. The first-order chi connectivity index (χ1) is 8.19. The van der Waals surface area contributed by atoms with E-state index in [1.165, 1.54) is 6.20 Å². The molecule has 1 unspecified atom stereocenters. The van der Waals surface area contributed by atoms with E-state index in [9.17, 15) is 5.11 Å². The quantitative estimate of drug-likeness (QED) is 0.767. The number of aliphatic hydroxyl groups excluding tert-OH is 1. The highest BCUT2D eigenvalue weighted by Gasteiger charge is 2.22. The van der Waals surface area contributed by atoms with Crippen LogP contribution < -0.4 is 5.73 Å². The molecule has 1 aliphatic heterocycles. The number of β-amino-alcohol motifs (C(OH)–C–C–N with tert-alkyl or cyclic N) is 1. The van der Waals surface area contributed by atoms with Crippen LogP contribution in [0.5, 0.6) is 0 Å². The zero-order valence-electron chi connectivity index (χ0n) is 9.58. The Bertz CT molecular complexity index is 412. The molecule has 0 aromatic carbocycles. The predicted octanol–water partition coefficient (Wildman–Crippen LogP) is 0.0197. The number of hydrogen-bond donors (Lipinski definition) is 2. The smallest absolute Gasteiger partial charge is 0.109 e. The Balaban J connectivity index is 1.95. The first-order valence-electron chi connectivity index (χ1n) is 5.71. The summed E-state index contributed by atoms with van der Waals surface area (Å²) in [5.74, 6) is 0. The predicted molar refractivity (Wildman–Crippen MR) is 62.9 cm³/mol. The van der Waals surface area contributed by atoms with Gasteiger partial charge in [0.25, 0.3) is 0 Å². The summed E-state index contributed by atoms with van der Waals surface area (Å²) in [4.78, 5) is 6.21. The van der Waals surface area contributed by atoms with Crippen molar-refractivity contribution in [2.45, 2.75) is 18.6 Å². The van der Waals surface area contributed by atoms with E-state index in [4.69, 9.17) is 11.0 Å². The lowest BCUT2D eigenvalue weighted by atomic mass is 10.2.